The summed E-state index contributed by atoms with van der Waals surface area (Å²) in [4.78, 5) is 20.7. The van der Waals surface area contributed by atoms with E-state index >= 15 is 0 Å². The number of halogens is 2. The maximum absolute atomic E-state index is 13.4. The number of carboxylic acids is 1. The predicted octanol–water partition coefficient (Wildman–Crippen LogP) is 1.17. The van der Waals surface area contributed by atoms with Crippen LogP contribution in [0.3, 0.4) is 0 Å². The van der Waals surface area contributed by atoms with Crippen LogP contribution in [0.4, 0.5) is 19.3 Å². The molecule has 0 aliphatic carbocycles. The van der Waals surface area contributed by atoms with Gasteiger partial charge in [0.05, 0.1) is 11.3 Å². The Labute approximate surface area is 100 Å². The second kappa shape index (κ2) is 5.80. The van der Waals surface area contributed by atoms with Gasteiger partial charge in [0.25, 0.3) is 0 Å². The Hall–Kier alpha value is -2.38. The van der Waals surface area contributed by atoms with E-state index in [4.69, 9.17) is 10.8 Å². The molecule has 0 heterocycles. The number of anilines is 1. The molecule has 1 amide bonds. The number of rotatable bonds is 5. The van der Waals surface area contributed by atoms with Gasteiger partial charge in [0.1, 0.15) is 6.61 Å². The summed E-state index contributed by atoms with van der Waals surface area (Å²) in [7, 11) is 0. The van der Waals surface area contributed by atoms with Gasteiger partial charge in [-0.05, 0) is 12.1 Å². The first kappa shape index (κ1) is 13.7. The van der Waals surface area contributed by atoms with Gasteiger partial charge in [-0.15, -0.1) is 0 Å². The molecule has 4 N–H and O–H groups in total. The third kappa shape index (κ3) is 3.30. The molecule has 0 atom stereocenters. The van der Waals surface area contributed by atoms with Crippen LogP contribution in [0.2, 0.25) is 0 Å². The van der Waals surface area contributed by atoms with Crippen LogP contribution in [0.15, 0.2) is 12.1 Å². The van der Waals surface area contributed by atoms with Crippen LogP contribution in [0.25, 0.3) is 0 Å². The molecule has 0 aromatic heterocycles. The average molecular weight is 260 g/mol. The van der Waals surface area contributed by atoms with E-state index in [0.717, 1.165) is 12.1 Å². The maximum Gasteiger partial charge on any atom is 0.404 e. The highest BCUT2D eigenvalue weighted by molar-refractivity contribution is 5.88. The third-order valence-electron chi connectivity index (χ3n) is 1.97. The fraction of sp³-hybridized carbons (Fsp3) is 0.200. The van der Waals surface area contributed by atoms with Crippen LogP contribution in [0.1, 0.15) is 10.4 Å². The van der Waals surface area contributed by atoms with Gasteiger partial charge < -0.3 is 20.9 Å². The van der Waals surface area contributed by atoms with Crippen LogP contribution < -0.4 is 11.1 Å². The number of nitrogens with one attached hydrogen (secondary N) is 1. The number of primary amides is 1. The summed E-state index contributed by atoms with van der Waals surface area (Å²) in [5.74, 6) is -4.33. The number of amides is 1. The number of ether oxygens (including phenoxy) is 1. The molecule has 0 aliphatic heterocycles. The second-order valence-corrected chi connectivity index (χ2v) is 3.19. The van der Waals surface area contributed by atoms with Crippen molar-refractivity contribution in [1.29, 1.82) is 0 Å². The topological polar surface area (TPSA) is 102 Å². The molecule has 0 unspecified atom stereocenters. The predicted molar refractivity (Wildman–Crippen MR) is 57.3 cm³/mol. The molecule has 6 nitrogen and oxygen atoms in total. The standard InChI is InChI=1S/C10H10F2N2O4/c11-7-5(9(15)16)1-2-6(8(7)12)14-3-4-18-10(13)17/h1-2,14H,3-4H2,(H2,13,17)(H,15,16). The van der Waals surface area contributed by atoms with Gasteiger partial charge in [0, 0.05) is 6.54 Å². The number of benzene rings is 1. The maximum atomic E-state index is 13.4. The summed E-state index contributed by atoms with van der Waals surface area (Å²) in [5.41, 5.74) is 3.70. The first-order valence-corrected chi connectivity index (χ1v) is 4.81. The van der Waals surface area contributed by atoms with E-state index in [9.17, 15) is 18.4 Å². The Balaban J connectivity index is 2.71. The van der Waals surface area contributed by atoms with Gasteiger partial charge in [-0.1, -0.05) is 0 Å². The minimum atomic E-state index is -1.56. The van der Waals surface area contributed by atoms with Crippen molar-refractivity contribution >= 4 is 17.7 Å². The van der Waals surface area contributed by atoms with Crippen molar-refractivity contribution in [3.05, 3.63) is 29.3 Å². The van der Waals surface area contributed by atoms with Crippen molar-refractivity contribution in [2.75, 3.05) is 18.5 Å². The molecular weight excluding hydrogens is 250 g/mol. The Kier molecular flexibility index (Phi) is 4.41. The SMILES string of the molecule is NC(=O)OCCNc1ccc(C(=O)O)c(F)c1F. The third-order valence-corrected chi connectivity index (χ3v) is 1.97. The number of hydrogen-bond acceptors (Lipinski definition) is 4. The number of carbonyl (C=O) groups is 2. The van der Waals surface area contributed by atoms with E-state index in [0.29, 0.717) is 0 Å². The van der Waals surface area contributed by atoms with Gasteiger partial charge >= 0.3 is 12.1 Å². The summed E-state index contributed by atoms with van der Waals surface area (Å²) in [6, 6.07) is 2.00. The lowest BCUT2D eigenvalue weighted by atomic mass is 10.2. The lowest BCUT2D eigenvalue weighted by molar-refractivity contribution is 0.0690. The zero-order valence-electron chi connectivity index (χ0n) is 9.07. The molecule has 98 valence electrons. The van der Waals surface area contributed by atoms with Gasteiger partial charge in [-0.3, -0.25) is 0 Å². The zero-order valence-corrected chi connectivity index (χ0v) is 9.07. The molecule has 0 spiro atoms. The zero-order chi connectivity index (χ0) is 13.7. The Morgan fingerprint density at radius 2 is 2.00 bits per heavy atom. The molecule has 0 radical (unpaired) electrons. The van der Waals surface area contributed by atoms with E-state index in [-0.39, 0.29) is 18.8 Å². The Morgan fingerprint density at radius 1 is 1.33 bits per heavy atom. The van der Waals surface area contributed by atoms with Crippen LogP contribution in [0, 0.1) is 11.6 Å². The van der Waals surface area contributed by atoms with E-state index in [2.05, 4.69) is 10.1 Å². The number of carboxylic acid groups (broad SMARTS) is 1. The largest absolute Gasteiger partial charge is 0.478 e. The Morgan fingerprint density at radius 3 is 2.56 bits per heavy atom. The minimum absolute atomic E-state index is 0.00567. The molecule has 1 rings (SSSR count). The Bertz CT molecular complexity index is 479. The summed E-state index contributed by atoms with van der Waals surface area (Å²) >= 11 is 0. The van der Waals surface area contributed by atoms with Crippen molar-refractivity contribution in [2.24, 2.45) is 5.73 Å². The van der Waals surface area contributed by atoms with Crippen LogP contribution >= 0.6 is 0 Å². The second-order valence-electron chi connectivity index (χ2n) is 3.19. The van der Waals surface area contributed by atoms with Crippen molar-refractivity contribution < 1.29 is 28.2 Å². The molecular formula is C10H10F2N2O4. The number of hydrogen-bond donors (Lipinski definition) is 3. The van der Waals surface area contributed by atoms with E-state index in [1.807, 2.05) is 0 Å². The van der Waals surface area contributed by atoms with E-state index in [1.165, 1.54) is 0 Å². The van der Waals surface area contributed by atoms with Crippen molar-refractivity contribution in [3.63, 3.8) is 0 Å². The molecule has 0 fully saturated rings. The monoisotopic (exact) mass is 260 g/mol. The normalized spacial score (nSPS) is 9.89. The highest BCUT2D eigenvalue weighted by atomic mass is 19.2. The minimum Gasteiger partial charge on any atom is -0.478 e. The summed E-state index contributed by atoms with van der Waals surface area (Å²) < 4.78 is 31.0. The van der Waals surface area contributed by atoms with E-state index < -0.39 is 29.3 Å². The molecule has 1 aromatic rings. The lowest BCUT2D eigenvalue weighted by Gasteiger charge is -2.09. The number of nitrogens with two attached hydrogens (primary N) is 1. The highest BCUT2D eigenvalue weighted by Gasteiger charge is 2.17. The number of carbonyl (C=O) groups excluding carboxylic acids is 1. The molecule has 0 saturated heterocycles. The van der Waals surface area contributed by atoms with Gasteiger partial charge in [-0.25, -0.2) is 18.4 Å². The molecule has 8 heteroatoms. The highest BCUT2D eigenvalue weighted by Crippen LogP contribution is 2.20. The van der Waals surface area contributed by atoms with Crippen LogP contribution in [0.5, 0.6) is 0 Å². The quantitative estimate of drug-likeness (QED) is 0.690. The molecule has 0 aliphatic rings. The summed E-state index contributed by atoms with van der Waals surface area (Å²) in [5, 5.41) is 11.0. The molecule has 0 saturated carbocycles. The lowest BCUT2D eigenvalue weighted by Crippen LogP contribution is -2.19. The summed E-state index contributed by atoms with van der Waals surface area (Å²) in [6.07, 6.45) is -0.982. The summed E-state index contributed by atoms with van der Waals surface area (Å²) in [6.45, 7) is -0.122. The van der Waals surface area contributed by atoms with Crippen LogP contribution in [-0.4, -0.2) is 30.3 Å². The van der Waals surface area contributed by atoms with Gasteiger partial charge in [0.15, 0.2) is 11.6 Å². The van der Waals surface area contributed by atoms with Crippen LogP contribution in [-0.2, 0) is 4.74 Å². The first-order valence-electron chi connectivity index (χ1n) is 4.81. The smallest absolute Gasteiger partial charge is 0.404 e. The average Bonchev–Trinajstić information content (AvgIpc) is 2.29. The van der Waals surface area contributed by atoms with Gasteiger partial charge in [-0.2, -0.15) is 0 Å². The van der Waals surface area contributed by atoms with Crippen molar-refractivity contribution in [3.8, 4) is 0 Å². The number of aromatic carboxylic acids is 1. The molecule has 1 aromatic carbocycles. The van der Waals surface area contributed by atoms with E-state index in [1.54, 1.807) is 0 Å². The fourth-order valence-electron chi connectivity index (χ4n) is 1.19. The fourth-order valence-corrected chi connectivity index (χ4v) is 1.19. The first-order chi connectivity index (χ1) is 8.43. The van der Waals surface area contributed by atoms with Crippen molar-refractivity contribution in [1.82, 2.24) is 0 Å². The molecule has 0 bridgehead atoms. The van der Waals surface area contributed by atoms with Crippen molar-refractivity contribution in [2.45, 2.75) is 0 Å². The molecule has 18 heavy (non-hydrogen) atoms. The van der Waals surface area contributed by atoms with Gasteiger partial charge in [0.2, 0.25) is 0 Å².